The molecule has 0 aliphatic carbocycles. The van der Waals surface area contributed by atoms with Crippen LogP contribution in [0.3, 0.4) is 0 Å². The number of hydrogen-bond acceptors (Lipinski definition) is 4. The smallest absolute Gasteiger partial charge is 0.326 e. The summed E-state index contributed by atoms with van der Waals surface area (Å²) in [6.45, 7) is 0.312. The highest BCUT2D eigenvalue weighted by Gasteiger charge is 2.18. The van der Waals surface area contributed by atoms with Crippen LogP contribution in [0.5, 0.6) is 0 Å². The van der Waals surface area contributed by atoms with Crippen molar-refractivity contribution >= 4 is 23.3 Å². The molecule has 0 spiro atoms. The molecule has 5 nitrogen and oxygen atoms in total. The van der Waals surface area contributed by atoms with Crippen LogP contribution in [0.2, 0.25) is 5.02 Å². The number of methoxy groups -OCH3 is 1. The summed E-state index contributed by atoms with van der Waals surface area (Å²) >= 11 is 5.82. The lowest BCUT2D eigenvalue weighted by Crippen LogP contribution is -2.30. The van der Waals surface area contributed by atoms with Crippen LogP contribution in [-0.2, 0) is 9.53 Å². The Morgan fingerprint density at radius 3 is 2.94 bits per heavy atom. The Balaban J connectivity index is 2.89. The number of benzene rings is 1. The van der Waals surface area contributed by atoms with Gasteiger partial charge in [0.05, 0.1) is 11.3 Å². The number of nitriles is 1. The van der Waals surface area contributed by atoms with Crippen LogP contribution in [0, 0.1) is 11.3 Å². The van der Waals surface area contributed by atoms with Crippen LogP contribution in [-0.4, -0.2) is 30.8 Å². The topological polar surface area (TPSA) is 82.3 Å². The van der Waals surface area contributed by atoms with E-state index in [0.29, 0.717) is 29.3 Å². The van der Waals surface area contributed by atoms with Crippen molar-refractivity contribution in [3.8, 4) is 6.07 Å². The van der Waals surface area contributed by atoms with Gasteiger partial charge in [0.1, 0.15) is 12.1 Å². The lowest BCUT2D eigenvalue weighted by molar-refractivity contribution is -0.138. The van der Waals surface area contributed by atoms with E-state index in [2.05, 4.69) is 5.32 Å². The van der Waals surface area contributed by atoms with Gasteiger partial charge in [-0.1, -0.05) is 11.6 Å². The van der Waals surface area contributed by atoms with E-state index in [0.717, 1.165) is 0 Å². The molecule has 0 amide bonds. The molecule has 0 aliphatic rings. The van der Waals surface area contributed by atoms with Gasteiger partial charge in [0.25, 0.3) is 0 Å². The number of aliphatic carboxylic acids is 1. The molecule has 1 unspecified atom stereocenters. The van der Waals surface area contributed by atoms with Gasteiger partial charge in [-0.25, -0.2) is 4.79 Å². The quantitative estimate of drug-likeness (QED) is 0.826. The van der Waals surface area contributed by atoms with E-state index in [9.17, 15) is 4.79 Å². The van der Waals surface area contributed by atoms with Crippen molar-refractivity contribution in [3.63, 3.8) is 0 Å². The van der Waals surface area contributed by atoms with E-state index in [4.69, 9.17) is 26.7 Å². The number of rotatable bonds is 6. The highest BCUT2D eigenvalue weighted by molar-refractivity contribution is 6.30. The monoisotopic (exact) mass is 268 g/mol. The summed E-state index contributed by atoms with van der Waals surface area (Å²) < 4.78 is 4.85. The highest BCUT2D eigenvalue weighted by Crippen LogP contribution is 2.21. The standard InChI is InChI=1S/C12H13ClN2O3/c1-18-5-4-10(12(16)17)15-11-6-9(13)3-2-8(11)7-14/h2-3,6,10,15H,4-5H2,1H3,(H,16,17). The molecular weight excluding hydrogens is 256 g/mol. The van der Waals surface area contributed by atoms with E-state index in [-0.39, 0.29) is 0 Å². The fourth-order valence-electron chi connectivity index (χ4n) is 1.41. The number of nitrogens with one attached hydrogen (secondary N) is 1. The zero-order valence-electron chi connectivity index (χ0n) is 9.81. The average Bonchev–Trinajstić information content (AvgIpc) is 2.34. The van der Waals surface area contributed by atoms with Gasteiger partial charge in [-0.05, 0) is 18.2 Å². The minimum absolute atomic E-state index is 0.295. The van der Waals surface area contributed by atoms with Crippen LogP contribution in [0.15, 0.2) is 18.2 Å². The molecule has 0 bridgehead atoms. The summed E-state index contributed by atoms with van der Waals surface area (Å²) in [5.74, 6) is -1.00. The average molecular weight is 269 g/mol. The third-order valence-corrected chi connectivity index (χ3v) is 2.58. The molecule has 1 atom stereocenters. The summed E-state index contributed by atoms with van der Waals surface area (Å²) in [7, 11) is 1.50. The van der Waals surface area contributed by atoms with Crippen molar-refractivity contribution in [1.82, 2.24) is 0 Å². The first kappa shape index (κ1) is 14.3. The second kappa shape index (κ2) is 6.84. The summed E-state index contributed by atoms with van der Waals surface area (Å²) in [6, 6.07) is 5.81. The molecule has 96 valence electrons. The first-order chi connectivity index (χ1) is 8.58. The molecule has 0 aromatic heterocycles. The molecule has 1 aromatic carbocycles. The maximum Gasteiger partial charge on any atom is 0.326 e. The molecule has 18 heavy (non-hydrogen) atoms. The highest BCUT2D eigenvalue weighted by atomic mass is 35.5. The molecule has 1 aromatic rings. The van der Waals surface area contributed by atoms with E-state index in [1.54, 1.807) is 12.1 Å². The lowest BCUT2D eigenvalue weighted by atomic mass is 10.1. The summed E-state index contributed by atoms with van der Waals surface area (Å²) in [5.41, 5.74) is 0.761. The molecule has 0 heterocycles. The summed E-state index contributed by atoms with van der Waals surface area (Å²) in [6.07, 6.45) is 0.295. The Labute approximate surface area is 110 Å². The fourth-order valence-corrected chi connectivity index (χ4v) is 1.59. The SMILES string of the molecule is COCCC(Nc1cc(Cl)ccc1C#N)C(=O)O. The third kappa shape index (κ3) is 3.91. The first-order valence-corrected chi connectivity index (χ1v) is 5.64. The van der Waals surface area contributed by atoms with Gasteiger partial charge in [-0.2, -0.15) is 5.26 Å². The van der Waals surface area contributed by atoms with Gasteiger partial charge >= 0.3 is 5.97 Å². The molecular formula is C12H13ClN2O3. The molecule has 6 heteroatoms. The molecule has 0 radical (unpaired) electrons. The van der Waals surface area contributed by atoms with E-state index in [1.165, 1.54) is 13.2 Å². The Bertz CT molecular complexity index is 471. The number of halogens is 1. The van der Waals surface area contributed by atoms with Crippen molar-refractivity contribution < 1.29 is 14.6 Å². The number of carboxylic acid groups (broad SMARTS) is 1. The van der Waals surface area contributed by atoms with Crippen LogP contribution in [0.25, 0.3) is 0 Å². The van der Waals surface area contributed by atoms with Crippen molar-refractivity contribution in [2.45, 2.75) is 12.5 Å². The molecule has 2 N–H and O–H groups in total. The van der Waals surface area contributed by atoms with Crippen molar-refractivity contribution in [2.24, 2.45) is 0 Å². The van der Waals surface area contributed by atoms with Crippen molar-refractivity contribution in [3.05, 3.63) is 28.8 Å². The van der Waals surface area contributed by atoms with Crippen LogP contribution in [0.4, 0.5) is 5.69 Å². The van der Waals surface area contributed by atoms with Crippen LogP contribution in [0.1, 0.15) is 12.0 Å². The predicted octanol–water partition coefficient (Wildman–Crippen LogP) is 2.11. The molecule has 0 saturated carbocycles. The van der Waals surface area contributed by atoms with Gasteiger partial charge in [-0.3, -0.25) is 0 Å². The second-order valence-corrected chi connectivity index (χ2v) is 4.05. The normalized spacial score (nSPS) is 11.6. The molecule has 0 saturated heterocycles. The van der Waals surface area contributed by atoms with E-state index < -0.39 is 12.0 Å². The fraction of sp³-hybridized carbons (Fsp3) is 0.333. The second-order valence-electron chi connectivity index (χ2n) is 3.62. The minimum atomic E-state index is -1.00. The Morgan fingerprint density at radius 2 is 2.39 bits per heavy atom. The molecule has 0 fully saturated rings. The van der Waals surface area contributed by atoms with E-state index >= 15 is 0 Å². The largest absolute Gasteiger partial charge is 0.480 e. The first-order valence-electron chi connectivity index (χ1n) is 5.26. The van der Waals surface area contributed by atoms with Gasteiger partial charge in [-0.15, -0.1) is 0 Å². The number of hydrogen-bond donors (Lipinski definition) is 2. The maximum atomic E-state index is 11.1. The van der Waals surface area contributed by atoms with Gasteiger partial charge < -0.3 is 15.2 Å². The summed E-state index contributed by atoms with van der Waals surface area (Å²) in [5, 5.41) is 21.2. The van der Waals surface area contributed by atoms with Gasteiger partial charge in [0.15, 0.2) is 0 Å². The minimum Gasteiger partial charge on any atom is -0.480 e. The van der Waals surface area contributed by atoms with Crippen molar-refractivity contribution in [2.75, 3.05) is 19.0 Å². The zero-order chi connectivity index (χ0) is 13.5. The Kier molecular flexibility index (Phi) is 5.43. The third-order valence-electron chi connectivity index (χ3n) is 2.34. The molecule has 0 aliphatic heterocycles. The van der Waals surface area contributed by atoms with E-state index in [1.807, 2.05) is 6.07 Å². The summed E-state index contributed by atoms with van der Waals surface area (Å²) in [4.78, 5) is 11.1. The Morgan fingerprint density at radius 1 is 1.67 bits per heavy atom. The van der Waals surface area contributed by atoms with Crippen LogP contribution >= 0.6 is 11.6 Å². The molecule has 1 rings (SSSR count). The number of ether oxygens (including phenoxy) is 1. The Hall–Kier alpha value is -1.77. The van der Waals surface area contributed by atoms with Crippen LogP contribution < -0.4 is 5.32 Å². The number of nitrogens with zero attached hydrogens (tertiary/aromatic N) is 1. The predicted molar refractivity (Wildman–Crippen MR) is 67.7 cm³/mol. The zero-order valence-corrected chi connectivity index (χ0v) is 10.6. The number of carboxylic acids is 1. The van der Waals surface area contributed by atoms with Gasteiger partial charge in [0.2, 0.25) is 0 Å². The lowest BCUT2D eigenvalue weighted by Gasteiger charge is -2.16. The number of anilines is 1. The maximum absolute atomic E-state index is 11.1. The van der Waals surface area contributed by atoms with Gasteiger partial charge in [0, 0.05) is 25.2 Å². The van der Waals surface area contributed by atoms with Crippen molar-refractivity contribution in [1.29, 1.82) is 5.26 Å². The number of carbonyl (C=O) groups is 1.